The highest BCUT2D eigenvalue weighted by atomic mass is 16.5. The lowest BCUT2D eigenvalue weighted by Gasteiger charge is -2.16. The summed E-state index contributed by atoms with van der Waals surface area (Å²) in [4.78, 5) is 0. The molecule has 0 radical (unpaired) electrons. The maximum absolute atomic E-state index is 5.28. The fourth-order valence-corrected chi connectivity index (χ4v) is 2.46. The number of hydrogen-bond donors (Lipinski definition) is 1. The molecule has 4 nitrogen and oxygen atoms in total. The summed E-state index contributed by atoms with van der Waals surface area (Å²) in [6.45, 7) is 1.63. The summed E-state index contributed by atoms with van der Waals surface area (Å²) in [6, 6.07) is 10.7. The van der Waals surface area contributed by atoms with Crippen LogP contribution in [0.3, 0.4) is 0 Å². The van der Waals surface area contributed by atoms with Crippen molar-refractivity contribution < 1.29 is 4.74 Å². The molecule has 0 unspecified atom stereocenters. The molecule has 1 N–H and O–H groups in total. The minimum Gasteiger partial charge on any atom is -0.383 e. The van der Waals surface area contributed by atoms with E-state index in [0.29, 0.717) is 6.04 Å². The van der Waals surface area contributed by atoms with Crippen molar-refractivity contribution in [3.05, 3.63) is 48.3 Å². The summed E-state index contributed by atoms with van der Waals surface area (Å²) < 4.78 is 7.20. The minimum absolute atomic E-state index is 0.472. The Morgan fingerprint density at radius 3 is 2.85 bits per heavy atom. The fourth-order valence-electron chi connectivity index (χ4n) is 2.46. The van der Waals surface area contributed by atoms with Crippen LogP contribution in [-0.4, -0.2) is 29.5 Å². The SMILES string of the molecule is COC[C@@H](NCc1cnn(-c2ccccc2)c1)C1CC1. The van der Waals surface area contributed by atoms with Crippen LogP contribution >= 0.6 is 0 Å². The molecule has 1 fully saturated rings. The second-order valence-electron chi connectivity index (χ2n) is 5.41. The molecule has 1 aliphatic rings. The topological polar surface area (TPSA) is 39.1 Å². The van der Waals surface area contributed by atoms with Crippen molar-refractivity contribution in [1.29, 1.82) is 0 Å². The lowest BCUT2D eigenvalue weighted by Crippen LogP contribution is -2.34. The van der Waals surface area contributed by atoms with Crippen LogP contribution in [0.5, 0.6) is 0 Å². The zero-order chi connectivity index (χ0) is 13.8. The van der Waals surface area contributed by atoms with E-state index in [4.69, 9.17) is 4.74 Å². The molecule has 0 bridgehead atoms. The van der Waals surface area contributed by atoms with Gasteiger partial charge in [-0.3, -0.25) is 0 Å². The van der Waals surface area contributed by atoms with Crippen LogP contribution in [0.4, 0.5) is 0 Å². The molecule has 1 aliphatic carbocycles. The van der Waals surface area contributed by atoms with E-state index in [-0.39, 0.29) is 0 Å². The van der Waals surface area contributed by atoms with Crippen molar-refractivity contribution in [1.82, 2.24) is 15.1 Å². The first-order valence-corrected chi connectivity index (χ1v) is 7.18. The predicted octanol–water partition coefficient (Wildman–Crippen LogP) is 2.39. The van der Waals surface area contributed by atoms with Crippen LogP contribution in [0, 0.1) is 5.92 Å². The molecular formula is C16H21N3O. The Balaban J connectivity index is 1.59. The molecule has 1 atom stereocenters. The van der Waals surface area contributed by atoms with E-state index in [9.17, 15) is 0 Å². The van der Waals surface area contributed by atoms with Crippen molar-refractivity contribution in [2.24, 2.45) is 5.92 Å². The third kappa shape index (κ3) is 3.26. The van der Waals surface area contributed by atoms with Crippen LogP contribution < -0.4 is 5.32 Å². The largest absolute Gasteiger partial charge is 0.383 e. The molecule has 20 heavy (non-hydrogen) atoms. The van der Waals surface area contributed by atoms with Crippen LogP contribution in [-0.2, 0) is 11.3 Å². The van der Waals surface area contributed by atoms with E-state index >= 15 is 0 Å². The number of rotatable bonds is 7. The van der Waals surface area contributed by atoms with Gasteiger partial charge in [0, 0.05) is 31.5 Å². The summed E-state index contributed by atoms with van der Waals surface area (Å²) in [7, 11) is 1.77. The molecule has 0 amide bonds. The van der Waals surface area contributed by atoms with Crippen molar-refractivity contribution in [3.8, 4) is 5.69 Å². The first-order valence-electron chi connectivity index (χ1n) is 7.18. The summed E-state index contributed by atoms with van der Waals surface area (Å²) >= 11 is 0. The summed E-state index contributed by atoms with van der Waals surface area (Å²) in [5.41, 5.74) is 2.30. The Labute approximate surface area is 119 Å². The molecule has 3 rings (SSSR count). The molecule has 106 valence electrons. The molecule has 2 aromatic rings. The molecule has 0 spiro atoms. The third-order valence-corrected chi connectivity index (χ3v) is 3.76. The maximum Gasteiger partial charge on any atom is 0.0645 e. The van der Waals surface area contributed by atoms with E-state index in [1.54, 1.807) is 7.11 Å². The van der Waals surface area contributed by atoms with E-state index in [2.05, 4.69) is 28.7 Å². The Morgan fingerprint density at radius 2 is 2.15 bits per heavy atom. The second kappa shape index (κ2) is 6.20. The van der Waals surface area contributed by atoms with E-state index < -0.39 is 0 Å². The van der Waals surface area contributed by atoms with Crippen LogP contribution in [0.15, 0.2) is 42.7 Å². The molecule has 1 heterocycles. The Morgan fingerprint density at radius 1 is 1.35 bits per heavy atom. The highest BCUT2D eigenvalue weighted by Crippen LogP contribution is 2.32. The Bertz CT molecular complexity index is 534. The first kappa shape index (κ1) is 13.3. The molecule has 0 aliphatic heterocycles. The number of benzene rings is 1. The number of ether oxygens (including phenoxy) is 1. The Hall–Kier alpha value is -1.65. The van der Waals surface area contributed by atoms with Gasteiger partial charge in [0.15, 0.2) is 0 Å². The van der Waals surface area contributed by atoms with Crippen LogP contribution in [0.1, 0.15) is 18.4 Å². The van der Waals surface area contributed by atoms with Gasteiger partial charge in [-0.15, -0.1) is 0 Å². The number of methoxy groups -OCH3 is 1. The minimum atomic E-state index is 0.472. The van der Waals surface area contributed by atoms with Gasteiger partial charge in [-0.05, 0) is 30.9 Å². The van der Waals surface area contributed by atoms with Gasteiger partial charge in [0.05, 0.1) is 18.5 Å². The lowest BCUT2D eigenvalue weighted by atomic mass is 10.2. The van der Waals surface area contributed by atoms with Gasteiger partial charge < -0.3 is 10.1 Å². The normalized spacial score (nSPS) is 16.2. The van der Waals surface area contributed by atoms with Crippen LogP contribution in [0.2, 0.25) is 0 Å². The van der Waals surface area contributed by atoms with E-state index in [0.717, 1.165) is 24.8 Å². The number of aromatic nitrogens is 2. The summed E-state index contributed by atoms with van der Waals surface area (Å²) in [6.07, 6.45) is 6.66. The second-order valence-corrected chi connectivity index (χ2v) is 5.41. The molecule has 1 aromatic carbocycles. The number of para-hydroxylation sites is 1. The van der Waals surface area contributed by atoms with E-state index in [1.807, 2.05) is 29.1 Å². The van der Waals surface area contributed by atoms with Gasteiger partial charge in [0.1, 0.15) is 0 Å². The van der Waals surface area contributed by atoms with Gasteiger partial charge >= 0.3 is 0 Å². The molecule has 0 saturated heterocycles. The van der Waals surface area contributed by atoms with Gasteiger partial charge in [0.2, 0.25) is 0 Å². The number of nitrogens with zero attached hydrogens (tertiary/aromatic N) is 2. The van der Waals surface area contributed by atoms with Crippen molar-refractivity contribution in [2.75, 3.05) is 13.7 Å². The quantitative estimate of drug-likeness (QED) is 0.840. The van der Waals surface area contributed by atoms with E-state index in [1.165, 1.54) is 18.4 Å². The first-order chi connectivity index (χ1) is 9.86. The summed E-state index contributed by atoms with van der Waals surface area (Å²) in [5.74, 6) is 0.791. The van der Waals surface area contributed by atoms with Gasteiger partial charge in [-0.1, -0.05) is 18.2 Å². The maximum atomic E-state index is 5.28. The standard InChI is InChI=1S/C16H21N3O/c1-20-12-16(14-7-8-14)17-9-13-10-18-19(11-13)15-5-3-2-4-6-15/h2-6,10-11,14,16-17H,7-9,12H2,1H3/t16-/m1/s1. The van der Waals surface area contributed by atoms with Gasteiger partial charge in [0.25, 0.3) is 0 Å². The smallest absolute Gasteiger partial charge is 0.0645 e. The lowest BCUT2D eigenvalue weighted by molar-refractivity contribution is 0.157. The highest BCUT2D eigenvalue weighted by molar-refractivity contribution is 5.30. The summed E-state index contributed by atoms with van der Waals surface area (Å²) in [5, 5.41) is 8.00. The number of nitrogens with one attached hydrogen (secondary N) is 1. The molecule has 4 heteroatoms. The molecule has 1 aromatic heterocycles. The third-order valence-electron chi connectivity index (χ3n) is 3.76. The Kier molecular flexibility index (Phi) is 4.14. The zero-order valence-corrected chi connectivity index (χ0v) is 11.8. The highest BCUT2D eigenvalue weighted by Gasteiger charge is 2.30. The average Bonchev–Trinajstić information content (AvgIpc) is 3.22. The number of hydrogen-bond acceptors (Lipinski definition) is 3. The monoisotopic (exact) mass is 271 g/mol. The average molecular weight is 271 g/mol. The molecular weight excluding hydrogens is 250 g/mol. The van der Waals surface area contributed by atoms with Gasteiger partial charge in [-0.2, -0.15) is 5.10 Å². The van der Waals surface area contributed by atoms with Gasteiger partial charge in [-0.25, -0.2) is 4.68 Å². The van der Waals surface area contributed by atoms with Crippen molar-refractivity contribution >= 4 is 0 Å². The van der Waals surface area contributed by atoms with Crippen molar-refractivity contribution in [3.63, 3.8) is 0 Å². The van der Waals surface area contributed by atoms with Crippen LogP contribution in [0.25, 0.3) is 5.69 Å². The van der Waals surface area contributed by atoms with Crippen molar-refractivity contribution in [2.45, 2.75) is 25.4 Å². The predicted molar refractivity (Wildman–Crippen MR) is 78.8 cm³/mol. The molecule has 1 saturated carbocycles. The zero-order valence-electron chi connectivity index (χ0n) is 11.8. The fraction of sp³-hybridized carbons (Fsp3) is 0.438.